The molecule has 0 fully saturated rings. The van der Waals surface area contributed by atoms with Crippen molar-refractivity contribution in [2.75, 3.05) is 0 Å². The lowest BCUT2D eigenvalue weighted by Crippen LogP contribution is -2.41. The van der Waals surface area contributed by atoms with Crippen LogP contribution < -0.4 is 11.1 Å². The summed E-state index contributed by atoms with van der Waals surface area (Å²) in [6.45, 7) is 5.95. The predicted octanol–water partition coefficient (Wildman–Crippen LogP) is 0.363. The van der Waals surface area contributed by atoms with E-state index in [1.807, 2.05) is 34.0 Å². The number of amides is 1. The summed E-state index contributed by atoms with van der Waals surface area (Å²) in [5.41, 5.74) is 7.36. The van der Waals surface area contributed by atoms with Crippen LogP contribution in [-0.2, 0) is 18.4 Å². The summed E-state index contributed by atoms with van der Waals surface area (Å²) in [4.78, 5) is 12.1. The molecule has 0 saturated heterocycles. The number of aromatic nitrogens is 2. The van der Waals surface area contributed by atoms with Crippen molar-refractivity contribution in [3.63, 3.8) is 0 Å². The van der Waals surface area contributed by atoms with E-state index < -0.39 is 5.92 Å². The lowest BCUT2D eigenvalue weighted by molar-refractivity contribution is -0.124. The van der Waals surface area contributed by atoms with E-state index >= 15 is 0 Å². The van der Waals surface area contributed by atoms with Gasteiger partial charge in [0.1, 0.15) is 5.92 Å². The number of nitrogens with zero attached hydrogens (tertiary/aromatic N) is 3. The van der Waals surface area contributed by atoms with Crippen molar-refractivity contribution < 1.29 is 10.0 Å². The second kappa shape index (κ2) is 6.21. The Morgan fingerprint density at radius 3 is 2.68 bits per heavy atom. The van der Waals surface area contributed by atoms with E-state index in [0.717, 1.165) is 11.3 Å². The molecule has 0 spiro atoms. The summed E-state index contributed by atoms with van der Waals surface area (Å²) in [5.74, 6) is -1.02. The Morgan fingerprint density at radius 1 is 1.63 bits per heavy atom. The van der Waals surface area contributed by atoms with Gasteiger partial charge in [-0.1, -0.05) is 19.0 Å². The minimum atomic E-state index is -0.637. The second-order valence-electron chi connectivity index (χ2n) is 4.88. The third-order valence-electron chi connectivity index (χ3n) is 2.95. The second-order valence-corrected chi connectivity index (χ2v) is 4.88. The van der Waals surface area contributed by atoms with Gasteiger partial charge in [0.15, 0.2) is 5.84 Å². The van der Waals surface area contributed by atoms with E-state index in [2.05, 4.69) is 15.6 Å². The summed E-state index contributed by atoms with van der Waals surface area (Å²) in [5, 5.41) is 18.6. The Hall–Kier alpha value is -2.05. The SMILES string of the molecule is Cc1nn(C)cc1CNC(=O)C(C(N)=NO)C(C)C. The molecule has 1 unspecified atom stereocenters. The van der Waals surface area contributed by atoms with Gasteiger partial charge in [-0.25, -0.2) is 0 Å². The normalized spacial score (nSPS) is 13.6. The third-order valence-corrected chi connectivity index (χ3v) is 2.95. The molecule has 4 N–H and O–H groups in total. The maximum atomic E-state index is 12.1. The zero-order chi connectivity index (χ0) is 14.6. The Bertz CT molecular complexity index is 478. The number of amidine groups is 1. The Balaban J connectivity index is 2.71. The molecule has 7 nitrogen and oxygen atoms in total. The van der Waals surface area contributed by atoms with Crippen LogP contribution in [0.5, 0.6) is 0 Å². The number of hydrogen-bond donors (Lipinski definition) is 3. The quantitative estimate of drug-likeness (QED) is 0.310. The van der Waals surface area contributed by atoms with Gasteiger partial charge in [0.05, 0.1) is 5.69 Å². The number of nitrogens with two attached hydrogens (primary N) is 1. The molecule has 0 aliphatic carbocycles. The van der Waals surface area contributed by atoms with Gasteiger partial charge in [0, 0.05) is 25.4 Å². The molecule has 0 aromatic carbocycles. The van der Waals surface area contributed by atoms with Gasteiger partial charge >= 0.3 is 0 Å². The Labute approximate surface area is 112 Å². The summed E-state index contributed by atoms with van der Waals surface area (Å²) in [6.07, 6.45) is 1.85. The molecule has 7 heteroatoms. The van der Waals surface area contributed by atoms with E-state index in [1.165, 1.54) is 0 Å². The minimum absolute atomic E-state index is 0.0501. The molecule has 0 aliphatic heterocycles. The van der Waals surface area contributed by atoms with E-state index in [1.54, 1.807) is 4.68 Å². The average molecular weight is 267 g/mol. The Kier molecular flexibility index (Phi) is 4.91. The highest BCUT2D eigenvalue weighted by molar-refractivity contribution is 6.02. The highest BCUT2D eigenvalue weighted by Crippen LogP contribution is 2.12. The van der Waals surface area contributed by atoms with Gasteiger partial charge < -0.3 is 16.3 Å². The number of aryl methyl sites for hydroxylation is 2. The highest BCUT2D eigenvalue weighted by Gasteiger charge is 2.26. The Morgan fingerprint density at radius 2 is 2.26 bits per heavy atom. The van der Waals surface area contributed by atoms with Gasteiger partial charge in [-0.2, -0.15) is 5.10 Å². The molecule has 0 bridgehead atoms. The van der Waals surface area contributed by atoms with E-state index in [4.69, 9.17) is 10.9 Å². The molecule has 106 valence electrons. The first-order chi connectivity index (χ1) is 8.86. The van der Waals surface area contributed by atoms with Gasteiger partial charge in [-0.15, -0.1) is 0 Å². The fraction of sp³-hybridized carbons (Fsp3) is 0.583. The van der Waals surface area contributed by atoms with Crippen LogP contribution in [0.25, 0.3) is 0 Å². The first-order valence-corrected chi connectivity index (χ1v) is 6.11. The third kappa shape index (κ3) is 3.70. The molecule has 0 aliphatic rings. The molecule has 1 rings (SSSR count). The van der Waals surface area contributed by atoms with E-state index in [9.17, 15) is 4.79 Å². The summed E-state index contributed by atoms with van der Waals surface area (Å²) in [7, 11) is 1.83. The number of nitrogens with one attached hydrogen (secondary N) is 1. The molecule has 0 saturated carbocycles. The van der Waals surface area contributed by atoms with Crippen molar-refractivity contribution in [1.82, 2.24) is 15.1 Å². The minimum Gasteiger partial charge on any atom is -0.409 e. The van der Waals surface area contributed by atoms with Crippen LogP contribution in [0.15, 0.2) is 11.4 Å². The average Bonchev–Trinajstić information content (AvgIpc) is 2.64. The largest absolute Gasteiger partial charge is 0.409 e. The molecule has 1 heterocycles. The topological polar surface area (TPSA) is 106 Å². The zero-order valence-corrected chi connectivity index (χ0v) is 11.7. The number of carbonyl (C=O) groups excluding carboxylic acids is 1. The van der Waals surface area contributed by atoms with Crippen LogP contribution in [-0.4, -0.2) is 26.7 Å². The van der Waals surface area contributed by atoms with Crippen LogP contribution in [0, 0.1) is 18.8 Å². The van der Waals surface area contributed by atoms with Crippen molar-refractivity contribution in [1.29, 1.82) is 0 Å². The molecule has 1 atom stereocenters. The van der Waals surface area contributed by atoms with Gasteiger partial charge in [0.25, 0.3) is 0 Å². The molecule has 1 amide bonds. The van der Waals surface area contributed by atoms with Crippen molar-refractivity contribution in [3.8, 4) is 0 Å². The molecule has 1 aromatic rings. The number of rotatable bonds is 5. The number of oxime groups is 1. The van der Waals surface area contributed by atoms with Crippen molar-refractivity contribution in [3.05, 3.63) is 17.5 Å². The summed E-state index contributed by atoms with van der Waals surface area (Å²) >= 11 is 0. The first-order valence-electron chi connectivity index (χ1n) is 6.11. The number of hydrogen-bond acceptors (Lipinski definition) is 4. The van der Waals surface area contributed by atoms with Gasteiger partial charge in [-0.05, 0) is 12.8 Å². The van der Waals surface area contributed by atoms with Gasteiger partial charge in [-0.3, -0.25) is 9.48 Å². The fourth-order valence-corrected chi connectivity index (χ4v) is 1.96. The van der Waals surface area contributed by atoms with Crippen molar-refractivity contribution in [2.45, 2.75) is 27.3 Å². The first kappa shape index (κ1) is 15.0. The van der Waals surface area contributed by atoms with Crippen LogP contribution in [0.2, 0.25) is 0 Å². The van der Waals surface area contributed by atoms with Crippen LogP contribution in [0.1, 0.15) is 25.1 Å². The standard InChI is InChI=1S/C12H21N5O2/c1-7(2)10(11(13)16-19)12(18)14-5-9-6-17(4)15-8(9)3/h6-7,10,19H,5H2,1-4H3,(H2,13,16)(H,14,18). The zero-order valence-electron chi connectivity index (χ0n) is 11.7. The highest BCUT2D eigenvalue weighted by atomic mass is 16.4. The van der Waals surface area contributed by atoms with E-state index in [0.29, 0.717) is 6.54 Å². The summed E-state index contributed by atoms with van der Waals surface area (Å²) in [6, 6.07) is 0. The molecular formula is C12H21N5O2. The smallest absolute Gasteiger partial charge is 0.231 e. The van der Waals surface area contributed by atoms with Crippen LogP contribution in [0.3, 0.4) is 0 Å². The molecule has 19 heavy (non-hydrogen) atoms. The van der Waals surface area contributed by atoms with Crippen molar-refractivity contribution >= 4 is 11.7 Å². The predicted molar refractivity (Wildman–Crippen MR) is 71.5 cm³/mol. The van der Waals surface area contributed by atoms with Crippen LogP contribution >= 0.6 is 0 Å². The maximum absolute atomic E-state index is 12.1. The molecular weight excluding hydrogens is 246 g/mol. The maximum Gasteiger partial charge on any atom is 0.231 e. The summed E-state index contributed by atoms with van der Waals surface area (Å²) < 4.78 is 1.69. The monoisotopic (exact) mass is 267 g/mol. The lowest BCUT2D eigenvalue weighted by Gasteiger charge is -2.18. The van der Waals surface area contributed by atoms with Gasteiger partial charge in [0.2, 0.25) is 5.91 Å². The van der Waals surface area contributed by atoms with E-state index in [-0.39, 0.29) is 17.7 Å². The van der Waals surface area contributed by atoms with Crippen molar-refractivity contribution in [2.24, 2.45) is 29.8 Å². The lowest BCUT2D eigenvalue weighted by atomic mass is 9.94. The van der Waals surface area contributed by atoms with Crippen LogP contribution in [0.4, 0.5) is 0 Å². The number of carbonyl (C=O) groups is 1. The fourth-order valence-electron chi connectivity index (χ4n) is 1.96. The molecule has 1 aromatic heterocycles. The molecule has 0 radical (unpaired) electrons.